The number of hydrogen-bond acceptors (Lipinski definition) is 7. The molecule has 3 saturated heterocycles. The second-order valence-corrected chi connectivity index (χ2v) is 10.2. The Labute approximate surface area is 174 Å². The Balaban J connectivity index is 1.50. The SMILES string of the molecule is Cc1noc(C2CC3CC4(CC(C2)N3S(=O)(=O)c2ccc(Cl)cc2)OCCO4)n1. The molecule has 0 N–H and O–H groups in total. The molecule has 2 atom stereocenters. The van der Waals surface area contributed by atoms with E-state index in [9.17, 15) is 8.42 Å². The predicted molar refractivity (Wildman–Crippen MR) is 103 cm³/mol. The molecule has 10 heteroatoms. The van der Waals surface area contributed by atoms with Gasteiger partial charge in [0, 0.05) is 35.9 Å². The third-order valence-electron chi connectivity index (χ3n) is 6.02. The summed E-state index contributed by atoms with van der Waals surface area (Å²) < 4.78 is 45.9. The summed E-state index contributed by atoms with van der Waals surface area (Å²) in [4.78, 5) is 4.63. The van der Waals surface area contributed by atoms with Crippen LogP contribution in [0.5, 0.6) is 0 Å². The van der Waals surface area contributed by atoms with Gasteiger partial charge < -0.3 is 14.0 Å². The Morgan fingerprint density at radius 1 is 1.10 bits per heavy atom. The molecule has 1 spiro atoms. The molecule has 8 nitrogen and oxygen atoms in total. The van der Waals surface area contributed by atoms with Crippen molar-refractivity contribution in [3.05, 3.63) is 41.0 Å². The maximum absolute atomic E-state index is 13.5. The molecule has 156 valence electrons. The molecular weight excluding hydrogens is 418 g/mol. The zero-order valence-corrected chi connectivity index (χ0v) is 17.5. The lowest BCUT2D eigenvalue weighted by Gasteiger charge is -2.51. The second-order valence-electron chi connectivity index (χ2n) is 7.96. The molecule has 3 aliphatic rings. The highest BCUT2D eigenvalue weighted by molar-refractivity contribution is 7.89. The minimum Gasteiger partial charge on any atom is -0.347 e. The Bertz CT molecular complexity index is 985. The van der Waals surface area contributed by atoms with E-state index in [0.717, 1.165) is 0 Å². The van der Waals surface area contributed by atoms with E-state index in [4.69, 9.17) is 25.6 Å². The molecule has 4 heterocycles. The zero-order chi connectivity index (χ0) is 20.2. The van der Waals surface area contributed by atoms with Crippen molar-refractivity contribution in [2.75, 3.05) is 13.2 Å². The molecule has 0 amide bonds. The first-order valence-electron chi connectivity index (χ1n) is 9.74. The average Bonchev–Trinajstić information content (AvgIpc) is 3.30. The molecular formula is C19H22ClN3O5S. The van der Waals surface area contributed by atoms with Crippen molar-refractivity contribution in [2.24, 2.45) is 0 Å². The van der Waals surface area contributed by atoms with Gasteiger partial charge >= 0.3 is 0 Å². The van der Waals surface area contributed by atoms with Gasteiger partial charge in [-0.25, -0.2) is 8.42 Å². The first-order valence-corrected chi connectivity index (χ1v) is 11.6. The fourth-order valence-corrected chi connectivity index (χ4v) is 6.90. The lowest BCUT2D eigenvalue weighted by Crippen LogP contribution is -2.61. The molecule has 0 aliphatic carbocycles. The van der Waals surface area contributed by atoms with E-state index < -0.39 is 15.8 Å². The molecule has 3 aliphatic heterocycles. The Hall–Kier alpha value is -1.52. The van der Waals surface area contributed by atoms with E-state index in [1.807, 2.05) is 0 Å². The highest BCUT2D eigenvalue weighted by Gasteiger charge is 2.56. The maximum Gasteiger partial charge on any atom is 0.243 e. The Morgan fingerprint density at radius 2 is 1.72 bits per heavy atom. The number of halogens is 1. The summed E-state index contributed by atoms with van der Waals surface area (Å²) in [7, 11) is -3.69. The van der Waals surface area contributed by atoms with Crippen LogP contribution in [0.25, 0.3) is 0 Å². The quantitative estimate of drug-likeness (QED) is 0.725. The van der Waals surface area contributed by atoms with Crippen LogP contribution in [-0.2, 0) is 19.5 Å². The number of aromatic nitrogens is 2. The summed E-state index contributed by atoms with van der Waals surface area (Å²) in [5.41, 5.74) is 0. The normalized spacial score (nSPS) is 29.4. The van der Waals surface area contributed by atoms with Crippen molar-refractivity contribution in [3.63, 3.8) is 0 Å². The second kappa shape index (κ2) is 7.02. The van der Waals surface area contributed by atoms with E-state index >= 15 is 0 Å². The van der Waals surface area contributed by atoms with Gasteiger partial charge in [-0.05, 0) is 44.0 Å². The summed E-state index contributed by atoms with van der Waals surface area (Å²) in [6.45, 7) is 2.86. The molecule has 0 radical (unpaired) electrons. The summed E-state index contributed by atoms with van der Waals surface area (Å²) in [6.07, 6.45) is 2.14. The highest BCUT2D eigenvalue weighted by atomic mass is 35.5. The van der Waals surface area contributed by atoms with E-state index in [0.29, 0.717) is 55.6 Å². The summed E-state index contributed by atoms with van der Waals surface area (Å²) >= 11 is 5.95. The van der Waals surface area contributed by atoms with E-state index in [1.54, 1.807) is 35.5 Å². The number of piperidine rings is 2. The predicted octanol–water partition coefficient (Wildman–Crippen LogP) is 2.87. The smallest absolute Gasteiger partial charge is 0.243 e. The van der Waals surface area contributed by atoms with Gasteiger partial charge in [-0.15, -0.1) is 0 Å². The fraction of sp³-hybridized carbons (Fsp3) is 0.579. The van der Waals surface area contributed by atoms with Crippen molar-refractivity contribution in [1.29, 1.82) is 0 Å². The molecule has 0 saturated carbocycles. The molecule has 1 aromatic heterocycles. The van der Waals surface area contributed by atoms with Gasteiger partial charge in [-0.1, -0.05) is 16.8 Å². The lowest BCUT2D eigenvalue weighted by molar-refractivity contribution is -0.206. The summed E-state index contributed by atoms with van der Waals surface area (Å²) in [6, 6.07) is 5.75. The third-order valence-corrected chi connectivity index (χ3v) is 8.29. The lowest BCUT2D eigenvalue weighted by atomic mass is 9.77. The molecule has 2 unspecified atom stereocenters. The Kier molecular flexibility index (Phi) is 4.71. The van der Waals surface area contributed by atoms with Crippen LogP contribution in [0.15, 0.2) is 33.7 Å². The van der Waals surface area contributed by atoms with Crippen LogP contribution in [0.2, 0.25) is 5.02 Å². The number of sulfonamides is 1. The standard InChI is InChI=1S/C19H22ClN3O5S/c1-12-21-18(28-22-12)13-8-15-10-19(26-6-7-27-19)11-16(9-13)23(15)29(24,25)17-4-2-14(20)3-5-17/h2-5,13,15-16H,6-11H2,1H3. The monoisotopic (exact) mass is 439 g/mol. The van der Waals surface area contributed by atoms with Crippen LogP contribution in [0.3, 0.4) is 0 Å². The van der Waals surface area contributed by atoms with E-state index in [-0.39, 0.29) is 22.9 Å². The van der Waals surface area contributed by atoms with Crippen LogP contribution in [-0.4, -0.2) is 53.9 Å². The number of rotatable bonds is 3. The average molecular weight is 440 g/mol. The van der Waals surface area contributed by atoms with Crippen molar-refractivity contribution in [2.45, 2.75) is 61.3 Å². The molecule has 29 heavy (non-hydrogen) atoms. The summed E-state index contributed by atoms with van der Waals surface area (Å²) in [5, 5.41) is 4.40. The number of hydrogen-bond donors (Lipinski definition) is 0. The molecule has 5 rings (SSSR count). The van der Waals surface area contributed by atoms with Crippen molar-refractivity contribution in [3.8, 4) is 0 Å². The van der Waals surface area contributed by atoms with Crippen molar-refractivity contribution < 1.29 is 22.4 Å². The van der Waals surface area contributed by atoms with Gasteiger partial charge in [0.1, 0.15) is 0 Å². The largest absolute Gasteiger partial charge is 0.347 e. The highest BCUT2D eigenvalue weighted by Crippen LogP contribution is 2.49. The minimum atomic E-state index is -3.69. The van der Waals surface area contributed by atoms with Crippen molar-refractivity contribution in [1.82, 2.24) is 14.4 Å². The topological polar surface area (TPSA) is 94.8 Å². The molecule has 2 aromatic rings. The number of benzene rings is 1. The van der Waals surface area contributed by atoms with E-state index in [1.165, 1.54) is 0 Å². The van der Waals surface area contributed by atoms with Crippen LogP contribution >= 0.6 is 11.6 Å². The van der Waals surface area contributed by atoms with Crippen LogP contribution in [0.1, 0.15) is 43.3 Å². The van der Waals surface area contributed by atoms with Crippen LogP contribution in [0, 0.1) is 6.92 Å². The van der Waals surface area contributed by atoms with Gasteiger partial charge in [-0.3, -0.25) is 0 Å². The van der Waals surface area contributed by atoms with Crippen LogP contribution < -0.4 is 0 Å². The van der Waals surface area contributed by atoms with Gasteiger partial charge in [0.15, 0.2) is 11.6 Å². The Morgan fingerprint density at radius 3 is 2.28 bits per heavy atom. The van der Waals surface area contributed by atoms with Gasteiger partial charge in [0.25, 0.3) is 0 Å². The number of fused-ring (bicyclic) bond motifs is 2. The van der Waals surface area contributed by atoms with E-state index in [2.05, 4.69) is 10.1 Å². The maximum atomic E-state index is 13.5. The third kappa shape index (κ3) is 3.38. The number of nitrogens with zero attached hydrogens (tertiary/aromatic N) is 3. The van der Waals surface area contributed by atoms with Crippen LogP contribution in [0.4, 0.5) is 0 Å². The number of ether oxygens (including phenoxy) is 2. The first kappa shape index (κ1) is 19.4. The minimum absolute atomic E-state index is 0.0154. The van der Waals surface area contributed by atoms with Gasteiger partial charge in [0.05, 0.1) is 18.1 Å². The zero-order valence-electron chi connectivity index (χ0n) is 16.0. The fourth-order valence-electron chi connectivity index (χ4n) is 4.94. The van der Waals surface area contributed by atoms with Gasteiger partial charge in [0.2, 0.25) is 15.9 Å². The molecule has 1 aromatic carbocycles. The summed E-state index contributed by atoms with van der Waals surface area (Å²) in [5.74, 6) is 0.476. The number of aryl methyl sites for hydroxylation is 1. The van der Waals surface area contributed by atoms with Crippen molar-refractivity contribution >= 4 is 21.6 Å². The first-order chi connectivity index (χ1) is 13.9. The molecule has 2 bridgehead atoms. The van der Waals surface area contributed by atoms with Gasteiger partial charge in [-0.2, -0.15) is 9.29 Å². The molecule has 3 fully saturated rings.